The molecule has 0 fully saturated rings. The molecule has 0 unspecified atom stereocenters. The molecule has 0 aliphatic heterocycles. The van der Waals surface area contributed by atoms with E-state index >= 15 is 0 Å². The van der Waals surface area contributed by atoms with Gasteiger partial charge in [0.15, 0.2) is 0 Å². The standard InChI is InChI=1S/C14H25N3O3S/c1-4-7-17(8-9-18)21(19,20)14-10-13(11-15-5-2)16(6-3)12-14/h4,10,12,15,18H,1,5-9,11H2,2-3H3. The van der Waals surface area contributed by atoms with Gasteiger partial charge in [-0.15, -0.1) is 6.58 Å². The van der Waals surface area contributed by atoms with E-state index in [0.717, 1.165) is 12.2 Å². The van der Waals surface area contributed by atoms with E-state index in [0.29, 0.717) is 13.1 Å². The first-order chi connectivity index (χ1) is 10.0. The van der Waals surface area contributed by atoms with E-state index in [2.05, 4.69) is 11.9 Å². The number of aryl methyl sites for hydroxylation is 1. The van der Waals surface area contributed by atoms with Gasteiger partial charge in [-0.3, -0.25) is 0 Å². The zero-order valence-electron chi connectivity index (χ0n) is 12.7. The number of aromatic nitrogens is 1. The van der Waals surface area contributed by atoms with E-state index in [4.69, 9.17) is 5.11 Å². The first kappa shape index (κ1) is 17.9. The molecule has 21 heavy (non-hydrogen) atoms. The summed E-state index contributed by atoms with van der Waals surface area (Å²) in [5.41, 5.74) is 0.931. The van der Waals surface area contributed by atoms with Crippen molar-refractivity contribution in [3.63, 3.8) is 0 Å². The number of nitrogens with zero attached hydrogens (tertiary/aromatic N) is 2. The number of aliphatic hydroxyl groups is 1. The monoisotopic (exact) mass is 315 g/mol. The highest BCUT2D eigenvalue weighted by molar-refractivity contribution is 7.89. The second kappa shape index (κ2) is 8.33. The van der Waals surface area contributed by atoms with E-state index in [1.807, 2.05) is 18.4 Å². The van der Waals surface area contributed by atoms with Gasteiger partial charge in [-0.05, 0) is 19.5 Å². The summed E-state index contributed by atoms with van der Waals surface area (Å²) in [6.45, 7) is 9.73. The molecule has 0 saturated carbocycles. The minimum Gasteiger partial charge on any atom is -0.395 e. The summed E-state index contributed by atoms with van der Waals surface area (Å²) in [5.74, 6) is 0. The van der Waals surface area contributed by atoms with Crippen LogP contribution in [-0.2, 0) is 23.1 Å². The number of nitrogens with one attached hydrogen (secondary N) is 1. The van der Waals surface area contributed by atoms with Gasteiger partial charge in [-0.2, -0.15) is 4.31 Å². The molecule has 6 nitrogen and oxygen atoms in total. The fourth-order valence-corrected chi connectivity index (χ4v) is 3.54. The molecule has 1 aromatic rings. The number of hydrogen-bond acceptors (Lipinski definition) is 4. The van der Waals surface area contributed by atoms with Gasteiger partial charge < -0.3 is 15.0 Å². The zero-order valence-corrected chi connectivity index (χ0v) is 13.6. The van der Waals surface area contributed by atoms with Gasteiger partial charge in [0.25, 0.3) is 0 Å². The molecule has 7 heteroatoms. The normalized spacial score (nSPS) is 12.0. The van der Waals surface area contributed by atoms with E-state index in [1.165, 1.54) is 10.4 Å². The lowest BCUT2D eigenvalue weighted by atomic mass is 10.4. The largest absolute Gasteiger partial charge is 0.395 e. The van der Waals surface area contributed by atoms with Crippen LogP contribution in [0.2, 0.25) is 0 Å². The Kier molecular flexibility index (Phi) is 7.10. The van der Waals surface area contributed by atoms with Gasteiger partial charge >= 0.3 is 0 Å². The minimum atomic E-state index is -3.61. The average molecular weight is 315 g/mol. The molecule has 0 aromatic carbocycles. The summed E-state index contributed by atoms with van der Waals surface area (Å²) in [6.07, 6.45) is 3.17. The van der Waals surface area contributed by atoms with Crippen molar-refractivity contribution >= 4 is 10.0 Å². The lowest BCUT2D eigenvalue weighted by Crippen LogP contribution is -2.33. The number of aliphatic hydroxyl groups excluding tert-OH is 1. The topological polar surface area (TPSA) is 74.6 Å². The van der Waals surface area contributed by atoms with Crippen molar-refractivity contribution in [2.75, 3.05) is 26.2 Å². The zero-order chi connectivity index (χ0) is 15.9. The third kappa shape index (κ3) is 4.41. The van der Waals surface area contributed by atoms with Gasteiger partial charge in [-0.1, -0.05) is 13.0 Å². The molecule has 0 aliphatic rings. The molecule has 1 heterocycles. The van der Waals surface area contributed by atoms with Crippen LogP contribution < -0.4 is 5.32 Å². The maximum absolute atomic E-state index is 12.6. The minimum absolute atomic E-state index is 0.0637. The Labute approximate surface area is 127 Å². The summed E-state index contributed by atoms with van der Waals surface area (Å²) in [7, 11) is -3.61. The van der Waals surface area contributed by atoms with Crippen LogP contribution in [0.15, 0.2) is 29.8 Å². The Morgan fingerprint density at radius 3 is 2.71 bits per heavy atom. The summed E-state index contributed by atoms with van der Waals surface area (Å²) >= 11 is 0. The van der Waals surface area contributed by atoms with Crippen LogP contribution in [0, 0.1) is 0 Å². The van der Waals surface area contributed by atoms with Crippen LogP contribution in [0.25, 0.3) is 0 Å². The van der Waals surface area contributed by atoms with Gasteiger partial charge in [0.05, 0.1) is 6.61 Å². The van der Waals surface area contributed by atoms with Crippen molar-refractivity contribution in [1.29, 1.82) is 0 Å². The lowest BCUT2D eigenvalue weighted by Gasteiger charge is -2.18. The molecule has 0 aliphatic carbocycles. The Hall–Kier alpha value is -1.15. The second-order valence-electron chi connectivity index (χ2n) is 4.61. The van der Waals surface area contributed by atoms with Gasteiger partial charge in [0.1, 0.15) is 4.90 Å². The molecule has 0 saturated heterocycles. The van der Waals surface area contributed by atoms with E-state index in [-0.39, 0.29) is 24.6 Å². The summed E-state index contributed by atoms with van der Waals surface area (Å²) in [5, 5.41) is 12.2. The molecule has 1 rings (SSSR count). The Morgan fingerprint density at radius 2 is 2.19 bits per heavy atom. The van der Waals surface area contributed by atoms with Crippen molar-refractivity contribution in [3.05, 3.63) is 30.6 Å². The molecule has 1 aromatic heterocycles. The van der Waals surface area contributed by atoms with Crippen molar-refractivity contribution in [2.45, 2.75) is 31.8 Å². The Balaban J connectivity index is 3.11. The number of rotatable bonds is 10. The van der Waals surface area contributed by atoms with Crippen LogP contribution in [0.4, 0.5) is 0 Å². The van der Waals surface area contributed by atoms with E-state index in [9.17, 15) is 8.42 Å². The predicted molar refractivity (Wildman–Crippen MR) is 83.5 cm³/mol. The predicted octanol–water partition coefficient (Wildman–Crippen LogP) is 0.786. The first-order valence-electron chi connectivity index (χ1n) is 7.12. The van der Waals surface area contributed by atoms with E-state index < -0.39 is 10.0 Å². The van der Waals surface area contributed by atoms with Crippen LogP contribution in [0.1, 0.15) is 19.5 Å². The van der Waals surface area contributed by atoms with Crippen molar-refractivity contribution < 1.29 is 13.5 Å². The third-order valence-corrected chi connectivity index (χ3v) is 5.01. The molecule has 120 valence electrons. The van der Waals surface area contributed by atoms with Crippen molar-refractivity contribution in [3.8, 4) is 0 Å². The molecule has 0 bridgehead atoms. The van der Waals surface area contributed by atoms with Crippen LogP contribution in [-0.4, -0.2) is 48.6 Å². The SMILES string of the molecule is C=CCN(CCO)S(=O)(=O)c1cc(CNCC)n(CC)c1. The van der Waals surface area contributed by atoms with Gasteiger partial charge in [0.2, 0.25) is 10.0 Å². The van der Waals surface area contributed by atoms with E-state index in [1.54, 1.807) is 12.3 Å². The van der Waals surface area contributed by atoms with Crippen LogP contribution in [0.5, 0.6) is 0 Å². The molecule has 0 amide bonds. The fourth-order valence-electron chi connectivity index (χ4n) is 2.08. The Bertz CT molecular complexity index is 552. The summed E-state index contributed by atoms with van der Waals surface area (Å²) < 4.78 is 28.3. The van der Waals surface area contributed by atoms with Gasteiger partial charge in [-0.25, -0.2) is 8.42 Å². The highest BCUT2D eigenvalue weighted by Crippen LogP contribution is 2.19. The van der Waals surface area contributed by atoms with Crippen LogP contribution >= 0.6 is 0 Å². The molecule has 2 N–H and O–H groups in total. The smallest absolute Gasteiger partial charge is 0.244 e. The van der Waals surface area contributed by atoms with Crippen molar-refractivity contribution in [2.24, 2.45) is 0 Å². The maximum atomic E-state index is 12.6. The summed E-state index contributed by atoms with van der Waals surface area (Å²) in [6, 6.07) is 1.69. The first-order valence-corrected chi connectivity index (χ1v) is 8.56. The highest BCUT2D eigenvalue weighted by Gasteiger charge is 2.25. The molecular weight excluding hydrogens is 290 g/mol. The number of sulfonamides is 1. The Morgan fingerprint density at radius 1 is 1.48 bits per heavy atom. The molecule has 0 radical (unpaired) electrons. The number of hydrogen-bond donors (Lipinski definition) is 2. The van der Waals surface area contributed by atoms with Gasteiger partial charge in [0, 0.05) is 38.1 Å². The quantitative estimate of drug-likeness (QED) is 0.626. The van der Waals surface area contributed by atoms with Crippen molar-refractivity contribution in [1.82, 2.24) is 14.2 Å². The molecular formula is C14H25N3O3S. The highest BCUT2D eigenvalue weighted by atomic mass is 32.2. The average Bonchev–Trinajstić information content (AvgIpc) is 2.88. The fraction of sp³-hybridized carbons (Fsp3) is 0.571. The maximum Gasteiger partial charge on any atom is 0.244 e. The molecule has 0 atom stereocenters. The molecule has 0 spiro atoms. The third-order valence-electron chi connectivity index (χ3n) is 3.18. The second-order valence-corrected chi connectivity index (χ2v) is 6.55. The van der Waals surface area contributed by atoms with Crippen LogP contribution in [0.3, 0.4) is 0 Å². The summed E-state index contributed by atoms with van der Waals surface area (Å²) in [4.78, 5) is 0.257. The lowest BCUT2D eigenvalue weighted by molar-refractivity contribution is 0.260.